The van der Waals surface area contributed by atoms with Crippen molar-refractivity contribution in [3.8, 4) is 0 Å². The Labute approximate surface area is 191 Å². The maximum atomic E-state index is 12.8. The van der Waals surface area contributed by atoms with Crippen molar-refractivity contribution < 1.29 is 35.9 Å². The summed E-state index contributed by atoms with van der Waals surface area (Å²) in [5.74, 6) is -2.32. The number of hydrogen-bond acceptors (Lipinski definition) is 3. The summed E-state index contributed by atoms with van der Waals surface area (Å²) in [6.45, 7) is 5.28. The van der Waals surface area contributed by atoms with Gasteiger partial charge in [0, 0.05) is 24.2 Å². The third-order valence-corrected chi connectivity index (χ3v) is 6.74. The van der Waals surface area contributed by atoms with E-state index >= 15 is 0 Å². The van der Waals surface area contributed by atoms with Crippen LogP contribution in [-0.4, -0.2) is 53.1 Å². The van der Waals surface area contributed by atoms with Crippen molar-refractivity contribution in [3.63, 3.8) is 0 Å². The van der Waals surface area contributed by atoms with E-state index in [-0.39, 0.29) is 49.4 Å². The second-order valence-corrected chi connectivity index (χ2v) is 10.3. The molecular weight excluding hydrogens is 462 g/mol. The number of ether oxygens (including phenoxy) is 1. The summed E-state index contributed by atoms with van der Waals surface area (Å²) in [5, 5.41) is 3.19. The van der Waals surface area contributed by atoms with Crippen molar-refractivity contribution >= 4 is 18.5 Å². The van der Waals surface area contributed by atoms with E-state index in [1.54, 1.807) is 20.8 Å². The molecule has 4 saturated heterocycles. The van der Waals surface area contributed by atoms with Crippen LogP contribution in [0.1, 0.15) is 72.1 Å². The minimum absolute atomic E-state index is 0. The smallest absolute Gasteiger partial charge is 0.410 e. The summed E-state index contributed by atoms with van der Waals surface area (Å²) in [6, 6.07) is -0.369. The number of halogens is 7. The maximum absolute atomic E-state index is 12.8. The predicted molar refractivity (Wildman–Crippen MR) is 110 cm³/mol. The highest BCUT2D eigenvalue weighted by molar-refractivity contribution is 5.85. The van der Waals surface area contributed by atoms with Crippen LogP contribution in [0.25, 0.3) is 0 Å². The summed E-state index contributed by atoms with van der Waals surface area (Å²) >= 11 is 0. The average molecular weight is 495 g/mol. The quantitative estimate of drug-likeness (QED) is 0.406. The van der Waals surface area contributed by atoms with Crippen LogP contribution in [0.4, 0.5) is 31.1 Å². The van der Waals surface area contributed by atoms with Crippen molar-refractivity contribution in [1.82, 2.24) is 10.2 Å². The monoisotopic (exact) mass is 494 g/mol. The van der Waals surface area contributed by atoms with Crippen LogP contribution in [0.3, 0.4) is 0 Å². The van der Waals surface area contributed by atoms with Crippen molar-refractivity contribution in [2.24, 2.45) is 11.8 Å². The number of nitrogens with one attached hydrogen (secondary N) is 1. The zero-order chi connectivity index (χ0) is 23.2. The molecule has 0 radical (unpaired) electrons. The first-order valence-electron chi connectivity index (χ1n) is 11.0. The fourth-order valence-electron chi connectivity index (χ4n) is 5.38. The third-order valence-electron chi connectivity index (χ3n) is 6.74. The predicted octanol–water partition coefficient (Wildman–Crippen LogP) is 6.23. The molecule has 11 heteroatoms. The van der Waals surface area contributed by atoms with Crippen molar-refractivity contribution in [2.45, 2.75) is 114 Å². The van der Waals surface area contributed by atoms with Crippen molar-refractivity contribution in [2.75, 3.05) is 0 Å². The molecule has 1 amide bonds. The van der Waals surface area contributed by atoms with E-state index in [0.717, 1.165) is 12.8 Å². The highest BCUT2D eigenvalue weighted by atomic mass is 35.5. The zero-order valence-electron chi connectivity index (χ0n) is 18.6. The number of amides is 1. The molecule has 4 nitrogen and oxygen atoms in total. The molecule has 0 aromatic carbocycles. The Bertz CT molecular complexity index is 626. The van der Waals surface area contributed by atoms with E-state index in [0.29, 0.717) is 25.7 Å². The second kappa shape index (κ2) is 9.76. The maximum Gasteiger partial charge on any atom is 0.410 e. The standard InChI is InChI=1S/C13H20F3NO2.C8H12F3N.ClH/c1-12(2,3)19-11(18)17-9-4-5-10(17)7-8(6-9)13(14,15)16;9-8(10,11)5-3-6-1-2-7(4-5)12-6;/h8-10H,4-7H2,1-3H3;5-7,12H,1-4H2;1H. The molecule has 32 heavy (non-hydrogen) atoms. The lowest BCUT2D eigenvalue weighted by Crippen LogP contribution is -2.50. The molecule has 188 valence electrons. The van der Waals surface area contributed by atoms with Gasteiger partial charge in [-0.3, -0.25) is 0 Å². The zero-order valence-corrected chi connectivity index (χ0v) is 19.4. The first kappa shape index (κ1) is 27.3. The van der Waals surface area contributed by atoms with Gasteiger partial charge in [0.05, 0.1) is 11.8 Å². The van der Waals surface area contributed by atoms with Crippen molar-refractivity contribution in [1.29, 1.82) is 0 Å². The van der Waals surface area contributed by atoms with Gasteiger partial charge in [-0.05, 0) is 72.1 Å². The van der Waals surface area contributed by atoms with Crippen LogP contribution in [0, 0.1) is 11.8 Å². The van der Waals surface area contributed by atoms with Gasteiger partial charge in [0.2, 0.25) is 0 Å². The molecule has 4 atom stereocenters. The Morgan fingerprint density at radius 3 is 1.56 bits per heavy atom. The first-order valence-corrected chi connectivity index (χ1v) is 11.0. The average Bonchev–Trinajstić information content (AvgIpc) is 3.07. The van der Waals surface area contributed by atoms with Crippen LogP contribution < -0.4 is 5.32 Å². The Hall–Kier alpha value is -0.900. The molecule has 4 unspecified atom stereocenters. The minimum Gasteiger partial charge on any atom is -0.444 e. The van der Waals surface area contributed by atoms with Gasteiger partial charge in [-0.2, -0.15) is 26.3 Å². The number of nitrogens with zero attached hydrogens (tertiary/aromatic N) is 1. The largest absolute Gasteiger partial charge is 0.444 e. The van der Waals surface area contributed by atoms with Crippen LogP contribution in [0.2, 0.25) is 0 Å². The van der Waals surface area contributed by atoms with Gasteiger partial charge >= 0.3 is 18.4 Å². The van der Waals surface area contributed by atoms with E-state index in [9.17, 15) is 31.1 Å². The van der Waals surface area contributed by atoms with Gasteiger partial charge in [-0.15, -0.1) is 12.4 Å². The SMILES string of the molecule is CC(C)(C)OC(=O)N1C2CCC1CC(C(F)(F)F)C2.Cl.FC(F)(F)C1CC2CCC(C1)N2. The molecule has 0 spiro atoms. The molecule has 0 aromatic heterocycles. The molecule has 1 N–H and O–H groups in total. The molecule has 4 aliphatic rings. The molecule has 4 rings (SSSR count). The number of alkyl halides is 6. The molecule has 4 bridgehead atoms. The lowest BCUT2D eigenvalue weighted by atomic mass is 9.90. The highest BCUT2D eigenvalue weighted by Gasteiger charge is 2.52. The van der Waals surface area contributed by atoms with Gasteiger partial charge in [0.25, 0.3) is 0 Å². The van der Waals surface area contributed by atoms with Crippen molar-refractivity contribution in [3.05, 3.63) is 0 Å². The summed E-state index contributed by atoms with van der Waals surface area (Å²) in [6.07, 6.45) is -4.83. The molecule has 0 saturated carbocycles. The molecular formula is C21H33ClF6N2O2. The highest BCUT2D eigenvalue weighted by Crippen LogP contribution is 2.45. The summed E-state index contributed by atoms with van der Waals surface area (Å²) in [5.41, 5.74) is -0.614. The van der Waals surface area contributed by atoms with Gasteiger partial charge < -0.3 is 15.0 Å². The number of carbonyl (C=O) groups excluding carboxylic acids is 1. The number of carbonyl (C=O) groups is 1. The van der Waals surface area contributed by atoms with Gasteiger partial charge in [0.15, 0.2) is 0 Å². The first-order chi connectivity index (χ1) is 14.1. The Kier molecular flexibility index (Phi) is 8.34. The van der Waals surface area contributed by atoms with Gasteiger partial charge in [0.1, 0.15) is 5.60 Å². The number of rotatable bonds is 0. The van der Waals surface area contributed by atoms with Crippen LogP contribution in [-0.2, 0) is 4.74 Å². The van der Waals surface area contributed by atoms with E-state index < -0.39 is 35.9 Å². The molecule has 4 aliphatic heterocycles. The van der Waals surface area contributed by atoms with Gasteiger partial charge in [-0.25, -0.2) is 4.79 Å². The van der Waals surface area contributed by atoms with Gasteiger partial charge in [-0.1, -0.05) is 0 Å². The summed E-state index contributed by atoms with van der Waals surface area (Å²) in [4.78, 5) is 13.6. The Morgan fingerprint density at radius 2 is 1.19 bits per heavy atom. The van der Waals surface area contributed by atoms with E-state index in [1.807, 2.05) is 0 Å². The van der Waals surface area contributed by atoms with Crippen LogP contribution in [0.15, 0.2) is 0 Å². The van der Waals surface area contributed by atoms with Crippen LogP contribution in [0.5, 0.6) is 0 Å². The van der Waals surface area contributed by atoms with E-state index in [4.69, 9.17) is 4.74 Å². The summed E-state index contributed by atoms with van der Waals surface area (Å²) < 4.78 is 80.5. The lowest BCUT2D eigenvalue weighted by molar-refractivity contribution is -0.190. The number of hydrogen-bond donors (Lipinski definition) is 1. The topological polar surface area (TPSA) is 41.6 Å². The third kappa shape index (κ3) is 6.81. The second-order valence-electron chi connectivity index (χ2n) is 10.3. The number of fused-ring (bicyclic) bond motifs is 4. The van der Waals surface area contributed by atoms with E-state index in [1.165, 1.54) is 4.90 Å². The molecule has 0 aliphatic carbocycles. The van der Waals surface area contributed by atoms with Crippen LogP contribution >= 0.6 is 12.4 Å². The molecule has 4 heterocycles. The number of piperidine rings is 2. The Balaban J connectivity index is 0.000000241. The minimum atomic E-state index is -4.15. The van der Waals surface area contributed by atoms with E-state index in [2.05, 4.69) is 5.32 Å². The normalized spacial score (nSPS) is 34.3. The molecule has 0 aromatic rings. The fraction of sp³-hybridized carbons (Fsp3) is 0.952. The fourth-order valence-corrected chi connectivity index (χ4v) is 5.38. The lowest BCUT2D eigenvalue weighted by Gasteiger charge is -2.39. The Morgan fingerprint density at radius 1 is 0.781 bits per heavy atom. The summed E-state index contributed by atoms with van der Waals surface area (Å²) in [7, 11) is 0. The molecule has 4 fully saturated rings.